The highest BCUT2D eigenvalue weighted by atomic mass is 32.1. The molecule has 3 aromatic rings. The van der Waals surface area contributed by atoms with E-state index in [0.717, 1.165) is 4.70 Å². The third-order valence-corrected chi connectivity index (χ3v) is 7.03. The second-order valence-corrected chi connectivity index (χ2v) is 9.29. The first-order valence-electron chi connectivity index (χ1n) is 10.2. The zero-order valence-electron chi connectivity index (χ0n) is 17.8. The van der Waals surface area contributed by atoms with E-state index in [0.29, 0.717) is 28.2 Å². The van der Waals surface area contributed by atoms with E-state index in [4.69, 9.17) is 0 Å². The summed E-state index contributed by atoms with van der Waals surface area (Å²) in [7, 11) is 0. The lowest BCUT2D eigenvalue weighted by molar-refractivity contribution is -0.145. The van der Waals surface area contributed by atoms with Crippen LogP contribution in [0, 0.1) is 6.92 Å². The number of thiazole rings is 1. The molecule has 1 aliphatic rings. The maximum absolute atomic E-state index is 12.7. The third-order valence-electron chi connectivity index (χ3n) is 5.98. The Balaban J connectivity index is 1.77. The number of anilines is 2. The Bertz CT molecular complexity index is 1140. The van der Waals surface area contributed by atoms with Crippen molar-refractivity contribution < 1.29 is 28.5 Å². The molecule has 1 fully saturated rings. The van der Waals surface area contributed by atoms with Crippen LogP contribution in [0.15, 0.2) is 18.5 Å². The summed E-state index contributed by atoms with van der Waals surface area (Å²) in [5.74, 6) is -0.0828. The van der Waals surface area contributed by atoms with E-state index in [1.165, 1.54) is 18.3 Å². The molecule has 33 heavy (non-hydrogen) atoms. The zero-order valence-corrected chi connectivity index (χ0v) is 18.6. The van der Waals surface area contributed by atoms with Crippen molar-refractivity contribution in [2.24, 2.45) is 0 Å². The van der Waals surface area contributed by atoms with Crippen LogP contribution >= 0.6 is 11.3 Å². The predicted molar refractivity (Wildman–Crippen MR) is 117 cm³/mol. The van der Waals surface area contributed by atoms with E-state index in [9.17, 15) is 28.5 Å². The van der Waals surface area contributed by atoms with Crippen LogP contribution in [0.4, 0.5) is 24.9 Å². The van der Waals surface area contributed by atoms with Crippen molar-refractivity contribution in [2.75, 3.05) is 23.8 Å². The summed E-state index contributed by atoms with van der Waals surface area (Å²) >= 11 is 1.34. The van der Waals surface area contributed by atoms with Gasteiger partial charge in [-0.3, -0.25) is 4.98 Å². The van der Waals surface area contributed by atoms with Crippen LogP contribution in [0.25, 0.3) is 20.8 Å². The minimum atomic E-state index is -4.46. The molecule has 3 heterocycles. The first-order chi connectivity index (χ1) is 15.4. The standard InChI is InChI=1S/C20H23F3N6O3S/c1-10-14(16-27-11-7-24-6-4-12(11)33-16)15(29-17(26-10)25-8-20(21,22)23)28-13-3-5-19(32,9-30)18(13,2)31/h4,6-7,13,30-32H,3,5,8-9H2,1-2H3,(H2,25,26,28,29)/t13-,18+,19+/m1/s1. The topological polar surface area (TPSA) is 136 Å². The molecule has 0 amide bonds. The fourth-order valence-electron chi connectivity index (χ4n) is 3.94. The number of rotatable bonds is 6. The number of aliphatic hydroxyl groups excluding tert-OH is 1. The molecule has 4 rings (SSSR count). The van der Waals surface area contributed by atoms with Gasteiger partial charge in [-0.15, -0.1) is 11.3 Å². The van der Waals surface area contributed by atoms with Crippen LogP contribution in [-0.4, -0.2) is 71.8 Å². The van der Waals surface area contributed by atoms with E-state index >= 15 is 0 Å². The highest BCUT2D eigenvalue weighted by molar-refractivity contribution is 7.21. The molecule has 3 atom stereocenters. The van der Waals surface area contributed by atoms with Crippen LogP contribution < -0.4 is 10.6 Å². The van der Waals surface area contributed by atoms with Gasteiger partial charge in [0.2, 0.25) is 5.95 Å². The van der Waals surface area contributed by atoms with Crippen molar-refractivity contribution in [2.45, 2.75) is 50.1 Å². The molecular weight excluding hydrogens is 461 g/mol. The van der Waals surface area contributed by atoms with E-state index in [1.807, 2.05) is 0 Å². The number of halogens is 3. The van der Waals surface area contributed by atoms with Crippen molar-refractivity contribution in [3.8, 4) is 10.6 Å². The number of aliphatic hydroxyl groups is 3. The van der Waals surface area contributed by atoms with Gasteiger partial charge in [0.1, 0.15) is 34.1 Å². The lowest BCUT2D eigenvalue weighted by Crippen LogP contribution is -2.57. The van der Waals surface area contributed by atoms with E-state index in [2.05, 4.69) is 30.6 Å². The van der Waals surface area contributed by atoms with E-state index in [1.54, 1.807) is 25.4 Å². The Morgan fingerprint density at radius 1 is 1.24 bits per heavy atom. The number of pyridine rings is 1. The quantitative estimate of drug-likeness (QED) is 0.357. The van der Waals surface area contributed by atoms with Gasteiger partial charge < -0.3 is 26.0 Å². The van der Waals surface area contributed by atoms with Crippen molar-refractivity contribution in [1.82, 2.24) is 19.9 Å². The first kappa shape index (κ1) is 23.5. The molecule has 0 radical (unpaired) electrons. The number of alkyl halides is 3. The summed E-state index contributed by atoms with van der Waals surface area (Å²) < 4.78 is 39.0. The SMILES string of the molecule is Cc1nc(NCC(F)(F)F)nc(N[C@@H]2CC[C@](O)(CO)[C@@]2(C)O)c1-c1nc2cnccc2s1. The van der Waals surface area contributed by atoms with Crippen molar-refractivity contribution in [3.63, 3.8) is 0 Å². The molecule has 0 saturated heterocycles. The fraction of sp³-hybridized carbons (Fsp3) is 0.500. The number of nitrogens with one attached hydrogen (secondary N) is 2. The van der Waals surface area contributed by atoms with Crippen LogP contribution in [0.1, 0.15) is 25.5 Å². The average molecular weight is 485 g/mol. The number of aryl methyl sites for hydroxylation is 1. The highest BCUT2D eigenvalue weighted by Gasteiger charge is 2.56. The molecule has 0 spiro atoms. The molecular formula is C20H23F3N6O3S. The van der Waals surface area contributed by atoms with Gasteiger partial charge in [-0.1, -0.05) is 0 Å². The van der Waals surface area contributed by atoms with Crippen molar-refractivity contribution >= 4 is 33.3 Å². The lowest BCUT2D eigenvalue weighted by Gasteiger charge is -2.37. The largest absolute Gasteiger partial charge is 0.405 e. The normalized spacial score (nSPS) is 25.5. The third kappa shape index (κ3) is 4.45. The number of aromatic nitrogens is 4. The van der Waals surface area contributed by atoms with Crippen LogP contribution in [0.3, 0.4) is 0 Å². The van der Waals surface area contributed by atoms with Gasteiger partial charge in [0.05, 0.1) is 34.8 Å². The Morgan fingerprint density at radius 2 is 2.00 bits per heavy atom. The minimum Gasteiger partial charge on any atom is -0.393 e. The van der Waals surface area contributed by atoms with Crippen LogP contribution in [0.5, 0.6) is 0 Å². The predicted octanol–water partition coefficient (Wildman–Crippen LogP) is 2.48. The molecule has 0 aliphatic heterocycles. The molecule has 5 N–H and O–H groups in total. The molecule has 1 aliphatic carbocycles. The van der Waals surface area contributed by atoms with Gasteiger partial charge in [-0.25, -0.2) is 9.97 Å². The van der Waals surface area contributed by atoms with Gasteiger partial charge >= 0.3 is 6.18 Å². The Hall–Kier alpha value is -2.61. The summed E-state index contributed by atoms with van der Waals surface area (Å²) in [6.07, 6.45) is -0.819. The number of nitrogens with zero attached hydrogens (tertiary/aromatic N) is 4. The molecule has 9 nitrogen and oxygen atoms in total. The van der Waals surface area contributed by atoms with Gasteiger partial charge in [0, 0.05) is 6.20 Å². The summed E-state index contributed by atoms with van der Waals surface area (Å²) in [4.78, 5) is 17.0. The molecule has 0 unspecified atom stereocenters. The fourth-order valence-corrected chi connectivity index (χ4v) is 4.97. The first-order valence-corrected chi connectivity index (χ1v) is 11.0. The smallest absolute Gasteiger partial charge is 0.393 e. The van der Waals surface area contributed by atoms with E-state index in [-0.39, 0.29) is 18.2 Å². The van der Waals surface area contributed by atoms with Gasteiger partial charge in [-0.2, -0.15) is 18.2 Å². The average Bonchev–Trinajstić information content (AvgIpc) is 3.26. The van der Waals surface area contributed by atoms with E-state index < -0.39 is 36.6 Å². The number of hydrogen-bond acceptors (Lipinski definition) is 10. The second-order valence-electron chi connectivity index (χ2n) is 8.26. The van der Waals surface area contributed by atoms with Crippen LogP contribution in [-0.2, 0) is 0 Å². The van der Waals surface area contributed by atoms with Gasteiger partial charge in [0.25, 0.3) is 0 Å². The highest BCUT2D eigenvalue weighted by Crippen LogP contribution is 2.42. The molecule has 0 aromatic carbocycles. The maximum atomic E-state index is 12.7. The number of hydrogen-bond donors (Lipinski definition) is 5. The van der Waals surface area contributed by atoms with Gasteiger partial charge in [-0.05, 0) is 32.8 Å². The zero-order chi connectivity index (χ0) is 24.0. The van der Waals surface area contributed by atoms with Gasteiger partial charge in [0.15, 0.2) is 0 Å². The molecule has 178 valence electrons. The molecule has 1 saturated carbocycles. The minimum absolute atomic E-state index is 0.125. The summed E-state index contributed by atoms with van der Waals surface area (Å²) in [5.41, 5.74) is -1.98. The summed E-state index contributed by atoms with van der Waals surface area (Å²) in [6, 6.07) is 1.05. The Kier molecular flexibility index (Phi) is 5.93. The van der Waals surface area contributed by atoms with Crippen LogP contribution in [0.2, 0.25) is 0 Å². The Morgan fingerprint density at radius 3 is 2.64 bits per heavy atom. The monoisotopic (exact) mass is 484 g/mol. The van der Waals surface area contributed by atoms with Crippen molar-refractivity contribution in [3.05, 3.63) is 24.2 Å². The summed E-state index contributed by atoms with van der Waals surface area (Å²) in [6.45, 7) is 1.07. The van der Waals surface area contributed by atoms with Crippen molar-refractivity contribution in [1.29, 1.82) is 0 Å². The maximum Gasteiger partial charge on any atom is 0.405 e. The second kappa shape index (κ2) is 8.31. The number of fused-ring (bicyclic) bond motifs is 1. The Labute approximate surface area is 190 Å². The lowest BCUT2D eigenvalue weighted by atomic mass is 9.86. The molecule has 0 bridgehead atoms. The molecule has 13 heteroatoms. The molecule has 3 aromatic heterocycles. The summed E-state index contributed by atoms with van der Waals surface area (Å²) in [5, 5.41) is 36.9.